The van der Waals surface area contributed by atoms with Crippen LogP contribution in [0, 0.1) is 0 Å². The largest absolute Gasteiger partial charge is 0.464 e. The van der Waals surface area contributed by atoms with Crippen LogP contribution in [0.15, 0.2) is 5.10 Å². The minimum absolute atomic E-state index is 0.0317. The van der Waals surface area contributed by atoms with Crippen molar-refractivity contribution in [2.75, 3.05) is 6.54 Å². The Bertz CT molecular complexity index is 205. The molecule has 0 fully saturated rings. The van der Waals surface area contributed by atoms with Crippen LogP contribution in [0.4, 0.5) is 13.6 Å². The van der Waals surface area contributed by atoms with E-state index in [2.05, 4.69) is 5.10 Å². The van der Waals surface area contributed by atoms with Crippen molar-refractivity contribution in [3.05, 3.63) is 0 Å². The molecule has 11 heavy (non-hydrogen) atoms. The third-order valence-corrected chi connectivity index (χ3v) is 1.30. The first kappa shape index (κ1) is 7.90. The molecule has 0 aliphatic carbocycles. The number of hydrogen-bond acceptors (Lipinski definition) is 2. The highest BCUT2D eigenvalue weighted by Gasteiger charge is 2.24. The molecule has 6 heteroatoms. The van der Waals surface area contributed by atoms with Gasteiger partial charge in [-0.2, -0.15) is 10.1 Å². The summed E-state index contributed by atoms with van der Waals surface area (Å²) in [6, 6.07) is 0. The lowest BCUT2D eigenvalue weighted by molar-refractivity contribution is 0.152. The molecular formula is C5H6F2N2O2. The summed E-state index contributed by atoms with van der Waals surface area (Å²) >= 11 is 0. The molecule has 0 radical (unpaired) electrons. The molecule has 1 rings (SSSR count). The van der Waals surface area contributed by atoms with E-state index < -0.39 is 12.5 Å². The van der Waals surface area contributed by atoms with E-state index in [1.165, 1.54) is 0 Å². The van der Waals surface area contributed by atoms with Crippen LogP contribution in [0.3, 0.4) is 0 Å². The smallest absolute Gasteiger partial charge is 0.427 e. The normalized spacial score (nSPS) is 17.4. The van der Waals surface area contributed by atoms with Crippen molar-refractivity contribution in [2.45, 2.75) is 12.8 Å². The van der Waals surface area contributed by atoms with Crippen molar-refractivity contribution in [2.24, 2.45) is 5.10 Å². The Hall–Kier alpha value is -1.20. The minimum Gasteiger partial charge on any atom is -0.464 e. The van der Waals surface area contributed by atoms with Crippen LogP contribution < -0.4 is 0 Å². The van der Waals surface area contributed by atoms with Gasteiger partial charge in [0.25, 0.3) is 6.43 Å². The number of nitrogens with zero attached hydrogens (tertiary/aromatic N) is 2. The average molecular weight is 164 g/mol. The Morgan fingerprint density at radius 3 is 2.64 bits per heavy atom. The van der Waals surface area contributed by atoms with Crippen LogP contribution in [0.5, 0.6) is 0 Å². The van der Waals surface area contributed by atoms with Gasteiger partial charge in [-0.05, 0) is 0 Å². The van der Waals surface area contributed by atoms with E-state index in [4.69, 9.17) is 5.11 Å². The number of amides is 1. The summed E-state index contributed by atoms with van der Waals surface area (Å²) < 4.78 is 23.7. The molecule has 0 aromatic rings. The Balaban J connectivity index is 2.61. The van der Waals surface area contributed by atoms with E-state index in [0.717, 1.165) is 0 Å². The molecule has 1 amide bonds. The van der Waals surface area contributed by atoms with Crippen LogP contribution in [-0.4, -0.2) is 34.9 Å². The second kappa shape index (κ2) is 2.81. The van der Waals surface area contributed by atoms with E-state index in [9.17, 15) is 13.6 Å². The summed E-state index contributed by atoms with van der Waals surface area (Å²) in [5.41, 5.74) is -0.354. The summed E-state index contributed by atoms with van der Waals surface area (Å²) in [4.78, 5) is 10.1. The molecule has 4 nitrogen and oxygen atoms in total. The highest BCUT2D eigenvalue weighted by atomic mass is 19.3. The zero-order valence-electron chi connectivity index (χ0n) is 5.50. The second-order valence-corrected chi connectivity index (χ2v) is 2.05. The quantitative estimate of drug-likeness (QED) is 0.628. The Morgan fingerprint density at radius 1 is 1.73 bits per heavy atom. The molecule has 0 saturated heterocycles. The third-order valence-electron chi connectivity index (χ3n) is 1.30. The molecule has 0 aromatic heterocycles. The molecule has 1 aliphatic heterocycles. The van der Waals surface area contributed by atoms with Gasteiger partial charge in [-0.25, -0.2) is 13.6 Å². The van der Waals surface area contributed by atoms with E-state index in [1.54, 1.807) is 0 Å². The van der Waals surface area contributed by atoms with Gasteiger partial charge in [0.2, 0.25) is 0 Å². The predicted molar refractivity (Wildman–Crippen MR) is 32.8 cm³/mol. The van der Waals surface area contributed by atoms with Gasteiger partial charge in [0.05, 0.1) is 6.54 Å². The van der Waals surface area contributed by atoms with Gasteiger partial charge >= 0.3 is 6.09 Å². The van der Waals surface area contributed by atoms with Crippen LogP contribution in [0.25, 0.3) is 0 Å². The molecule has 0 unspecified atom stereocenters. The Morgan fingerprint density at radius 2 is 2.36 bits per heavy atom. The standard InChI is InChI=1S/C5H6F2N2O2/c6-4(7)3-1-2-9(8-3)5(10)11/h4H,1-2H2,(H,10,11). The number of hydrogen-bond donors (Lipinski definition) is 1. The van der Waals surface area contributed by atoms with Crippen molar-refractivity contribution in [1.82, 2.24) is 5.01 Å². The van der Waals surface area contributed by atoms with Crippen LogP contribution >= 0.6 is 0 Å². The van der Waals surface area contributed by atoms with Gasteiger partial charge in [-0.15, -0.1) is 0 Å². The number of halogens is 2. The molecule has 62 valence electrons. The van der Waals surface area contributed by atoms with Crippen LogP contribution in [0.2, 0.25) is 0 Å². The molecule has 0 bridgehead atoms. The van der Waals surface area contributed by atoms with E-state index in [0.29, 0.717) is 5.01 Å². The molecule has 0 spiro atoms. The maximum atomic E-state index is 11.8. The highest BCUT2D eigenvalue weighted by Crippen LogP contribution is 2.11. The Labute approximate surface area is 61.1 Å². The van der Waals surface area contributed by atoms with Crippen molar-refractivity contribution >= 4 is 11.8 Å². The van der Waals surface area contributed by atoms with Gasteiger partial charge in [0.15, 0.2) is 0 Å². The fraction of sp³-hybridized carbons (Fsp3) is 0.600. The number of hydrazone groups is 1. The predicted octanol–water partition coefficient (Wildman–Crippen LogP) is 0.991. The molecule has 0 aromatic carbocycles. The van der Waals surface area contributed by atoms with E-state index >= 15 is 0 Å². The molecule has 0 atom stereocenters. The highest BCUT2D eigenvalue weighted by molar-refractivity contribution is 5.90. The Kier molecular flexibility index (Phi) is 2.02. The molecule has 1 heterocycles. The lowest BCUT2D eigenvalue weighted by Gasteiger charge is -2.03. The molecular weight excluding hydrogens is 158 g/mol. The number of carboxylic acid groups (broad SMARTS) is 1. The summed E-state index contributed by atoms with van der Waals surface area (Å²) in [6.45, 7) is 0.0367. The zero-order valence-corrected chi connectivity index (χ0v) is 5.50. The number of carbonyl (C=O) groups is 1. The summed E-state index contributed by atoms with van der Waals surface area (Å²) in [6.07, 6.45) is -3.90. The van der Waals surface area contributed by atoms with Crippen LogP contribution in [0.1, 0.15) is 6.42 Å². The minimum atomic E-state index is -2.64. The van der Waals surface area contributed by atoms with Crippen molar-refractivity contribution in [1.29, 1.82) is 0 Å². The van der Waals surface area contributed by atoms with Gasteiger partial charge < -0.3 is 5.11 Å². The lowest BCUT2D eigenvalue weighted by atomic mass is 10.3. The molecule has 0 saturated carbocycles. The van der Waals surface area contributed by atoms with Crippen molar-refractivity contribution in [3.63, 3.8) is 0 Å². The number of alkyl halides is 2. The fourth-order valence-electron chi connectivity index (χ4n) is 0.767. The molecule has 1 aliphatic rings. The summed E-state index contributed by atoms with van der Waals surface area (Å²) in [7, 11) is 0. The summed E-state index contributed by atoms with van der Waals surface area (Å²) in [5.74, 6) is 0. The van der Waals surface area contributed by atoms with Crippen LogP contribution in [-0.2, 0) is 0 Å². The molecule has 1 N–H and O–H groups in total. The first-order chi connectivity index (χ1) is 5.11. The van der Waals surface area contributed by atoms with E-state index in [-0.39, 0.29) is 18.7 Å². The first-order valence-electron chi connectivity index (χ1n) is 2.97. The van der Waals surface area contributed by atoms with Gasteiger partial charge in [0, 0.05) is 6.42 Å². The maximum Gasteiger partial charge on any atom is 0.427 e. The fourth-order valence-corrected chi connectivity index (χ4v) is 0.767. The van der Waals surface area contributed by atoms with Crippen molar-refractivity contribution < 1.29 is 18.7 Å². The van der Waals surface area contributed by atoms with Crippen molar-refractivity contribution in [3.8, 4) is 0 Å². The average Bonchev–Trinajstić information content (AvgIpc) is 2.33. The lowest BCUT2D eigenvalue weighted by Crippen LogP contribution is -2.20. The second-order valence-electron chi connectivity index (χ2n) is 2.05. The van der Waals surface area contributed by atoms with Gasteiger partial charge in [-0.3, -0.25) is 0 Å². The SMILES string of the molecule is O=C(O)N1CCC(C(F)F)=N1. The topological polar surface area (TPSA) is 52.9 Å². The van der Waals surface area contributed by atoms with Gasteiger partial charge in [-0.1, -0.05) is 0 Å². The first-order valence-corrected chi connectivity index (χ1v) is 2.97. The maximum absolute atomic E-state index is 11.8. The monoisotopic (exact) mass is 164 g/mol. The van der Waals surface area contributed by atoms with Gasteiger partial charge in [0.1, 0.15) is 5.71 Å². The summed E-state index contributed by atoms with van der Waals surface area (Å²) in [5, 5.41) is 12.1. The van der Waals surface area contributed by atoms with E-state index in [1.807, 2.05) is 0 Å². The zero-order chi connectivity index (χ0) is 8.43. The number of rotatable bonds is 1. The third kappa shape index (κ3) is 1.63.